The minimum Gasteiger partial charge on any atom is -0.490 e. The molecule has 0 aliphatic rings. The summed E-state index contributed by atoms with van der Waals surface area (Å²) < 4.78 is 5.99. The van der Waals surface area contributed by atoms with Crippen molar-refractivity contribution in [1.82, 2.24) is 10.3 Å². The normalized spacial score (nSPS) is 13.1. The van der Waals surface area contributed by atoms with Crippen molar-refractivity contribution >= 4 is 34.2 Å². The van der Waals surface area contributed by atoms with E-state index in [0.717, 1.165) is 44.6 Å². The molecule has 0 spiro atoms. The van der Waals surface area contributed by atoms with Crippen LogP contribution in [0.5, 0.6) is 5.75 Å². The average Bonchev–Trinajstić information content (AvgIpc) is 3.56. The van der Waals surface area contributed by atoms with Crippen LogP contribution in [0.4, 0.5) is 0 Å². The molecule has 0 saturated heterocycles. The van der Waals surface area contributed by atoms with Gasteiger partial charge in [0.2, 0.25) is 0 Å². The van der Waals surface area contributed by atoms with Crippen LogP contribution in [-0.2, 0) is 6.42 Å². The maximum Gasteiger partial charge on any atom is 0.168 e. The molecule has 0 radical (unpaired) electrons. The van der Waals surface area contributed by atoms with E-state index in [-0.39, 0.29) is 18.0 Å². The molecule has 6 N–H and O–H groups in total. The fourth-order valence-electron chi connectivity index (χ4n) is 4.19. The van der Waals surface area contributed by atoms with E-state index in [2.05, 4.69) is 46.6 Å². The molecule has 192 valence electrons. The Hall–Kier alpha value is -3.79. The molecule has 4 rings (SSSR count). The van der Waals surface area contributed by atoms with Gasteiger partial charge < -0.3 is 26.0 Å². The molecule has 2 heterocycles. The predicted molar refractivity (Wildman–Crippen MR) is 151 cm³/mol. The van der Waals surface area contributed by atoms with Crippen LogP contribution in [-0.4, -0.2) is 40.7 Å². The molecule has 0 saturated carbocycles. The van der Waals surface area contributed by atoms with Crippen LogP contribution in [0.15, 0.2) is 82.6 Å². The zero-order valence-corrected chi connectivity index (χ0v) is 21.8. The third-order valence-electron chi connectivity index (χ3n) is 5.97. The fourth-order valence-corrected chi connectivity index (χ4v) is 4.95. The largest absolute Gasteiger partial charge is 0.490 e. The first kappa shape index (κ1) is 26.3. The molecule has 0 bridgehead atoms. The van der Waals surface area contributed by atoms with Crippen LogP contribution in [0, 0.1) is 5.41 Å². The molecule has 0 aliphatic heterocycles. The van der Waals surface area contributed by atoms with E-state index in [1.165, 1.54) is 0 Å². The number of aromatic nitrogens is 1. The number of ether oxygens (including phenoxy) is 1. The van der Waals surface area contributed by atoms with Gasteiger partial charge in [-0.2, -0.15) is 0 Å². The summed E-state index contributed by atoms with van der Waals surface area (Å²) in [6.45, 7) is 4.85. The molecule has 2 aromatic heterocycles. The van der Waals surface area contributed by atoms with Gasteiger partial charge in [0.05, 0.1) is 5.52 Å². The lowest BCUT2D eigenvalue weighted by atomic mass is 9.94. The summed E-state index contributed by atoms with van der Waals surface area (Å²) in [5.74, 6) is 5.76. The molecule has 1 atom stereocenters. The highest BCUT2D eigenvalue weighted by molar-refractivity contribution is 7.13. The Bertz CT molecular complexity index is 1390. The fraction of sp³-hybridized carbons (Fsp3) is 0.250. The van der Waals surface area contributed by atoms with Gasteiger partial charge in [-0.25, -0.2) is 0 Å². The molecule has 8 nitrogen and oxygen atoms in total. The van der Waals surface area contributed by atoms with Crippen LogP contribution in [0.25, 0.3) is 27.4 Å². The van der Waals surface area contributed by atoms with Gasteiger partial charge >= 0.3 is 0 Å². The highest BCUT2D eigenvalue weighted by Gasteiger charge is 2.22. The molecule has 37 heavy (non-hydrogen) atoms. The van der Waals surface area contributed by atoms with Gasteiger partial charge in [-0.15, -0.1) is 16.5 Å². The summed E-state index contributed by atoms with van der Waals surface area (Å²) in [5.41, 5.74) is 3.87. The zero-order valence-electron chi connectivity index (χ0n) is 20.9. The Morgan fingerprint density at radius 3 is 2.84 bits per heavy atom. The number of nitrogens with zero attached hydrogens (tertiary/aromatic N) is 2. The minimum atomic E-state index is -0.656. The molecule has 0 aliphatic carbocycles. The van der Waals surface area contributed by atoms with Crippen molar-refractivity contribution < 1.29 is 9.84 Å². The third kappa shape index (κ3) is 6.91. The van der Waals surface area contributed by atoms with E-state index in [1.807, 2.05) is 60.1 Å². The number of aromatic amines is 1. The summed E-state index contributed by atoms with van der Waals surface area (Å²) in [4.78, 5) is 4.50. The van der Waals surface area contributed by atoms with Crippen molar-refractivity contribution in [2.45, 2.75) is 31.9 Å². The van der Waals surface area contributed by atoms with Gasteiger partial charge in [-0.1, -0.05) is 41.6 Å². The van der Waals surface area contributed by atoms with Crippen molar-refractivity contribution in [3.63, 3.8) is 0 Å². The predicted octanol–water partition coefficient (Wildman–Crippen LogP) is 5.56. The third-order valence-corrected chi connectivity index (χ3v) is 6.88. The standard InChI is InChI=1S/C28H32N6O2S/c1-28(2,15-20-16-31-27-19(7-5-9-22(20)27)12-13-26(29)33-34-30)32-17-21(35)18-36-24-10-4-3-8-23(24)25-11-6-14-37-25/h3-14,16,21,31-32,35H,15,17-18H2,1-2H3,(H3,29,30,33)/b13-12+. The number of β-amino-alcohol motifs (C(OH)–C–C–N with tert-alkyl or cyclic N) is 1. The van der Waals surface area contributed by atoms with Gasteiger partial charge in [0, 0.05) is 34.1 Å². The first-order chi connectivity index (χ1) is 17.9. The van der Waals surface area contributed by atoms with Gasteiger partial charge in [-0.05, 0) is 67.1 Å². The number of aliphatic hydroxyl groups excluding tert-OH is 1. The lowest BCUT2D eigenvalue weighted by Crippen LogP contribution is -2.46. The number of para-hydroxylation sites is 2. The summed E-state index contributed by atoms with van der Waals surface area (Å²) in [5, 5.41) is 31.6. The monoisotopic (exact) mass is 516 g/mol. The Kier molecular flexibility index (Phi) is 8.50. The second-order valence-corrected chi connectivity index (χ2v) is 10.3. The number of thiophene rings is 1. The van der Waals surface area contributed by atoms with Gasteiger partial charge in [0.15, 0.2) is 5.84 Å². The number of hydrogen-bond acceptors (Lipinski definition) is 6. The van der Waals surface area contributed by atoms with E-state index in [1.54, 1.807) is 17.4 Å². The van der Waals surface area contributed by atoms with Crippen LogP contribution in [0.1, 0.15) is 25.0 Å². The molecule has 9 heteroatoms. The van der Waals surface area contributed by atoms with Gasteiger partial charge in [-0.3, -0.25) is 5.41 Å². The molecular weight excluding hydrogens is 484 g/mol. The Balaban J connectivity index is 1.35. The second-order valence-electron chi connectivity index (χ2n) is 9.40. The van der Waals surface area contributed by atoms with Gasteiger partial charge in [0.25, 0.3) is 0 Å². The topological polar surface area (TPSA) is 132 Å². The lowest BCUT2D eigenvalue weighted by molar-refractivity contribution is 0.0991. The van der Waals surface area contributed by atoms with Crippen molar-refractivity contribution in [1.29, 1.82) is 5.41 Å². The maximum absolute atomic E-state index is 10.6. The van der Waals surface area contributed by atoms with E-state index < -0.39 is 6.10 Å². The molecule has 4 aromatic rings. The Morgan fingerprint density at radius 2 is 2.05 bits per heavy atom. The number of amidine groups is 1. The zero-order chi connectivity index (χ0) is 26.3. The first-order valence-electron chi connectivity index (χ1n) is 12.0. The molecule has 0 fully saturated rings. The summed E-state index contributed by atoms with van der Waals surface area (Å²) in [6, 6.07) is 18.0. The molecular formula is C28H32N6O2S. The molecule has 2 aromatic carbocycles. The first-order valence-corrected chi connectivity index (χ1v) is 12.9. The maximum atomic E-state index is 10.6. The van der Waals surface area contributed by atoms with Crippen LogP contribution in [0.2, 0.25) is 0 Å². The number of fused-ring (bicyclic) bond motifs is 1. The molecule has 0 amide bonds. The van der Waals surface area contributed by atoms with Gasteiger partial charge in [0.1, 0.15) is 18.5 Å². The highest BCUT2D eigenvalue weighted by Crippen LogP contribution is 2.33. The summed E-state index contributed by atoms with van der Waals surface area (Å²) >= 11 is 1.66. The Morgan fingerprint density at radius 1 is 1.22 bits per heavy atom. The van der Waals surface area contributed by atoms with Crippen LogP contribution >= 0.6 is 11.3 Å². The lowest BCUT2D eigenvalue weighted by Gasteiger charge is -2.28. The van der Waals surface area contributed by atoms with E-state index in [4.69, 9.17) is 16.0 Å². The number of benzene rings is 2. The van der Waals surface area contributed by atoms with Crippen molar-refractivity contribution in [3.05, 3.63) is 83.4 Å². The average molecular weight is 517 g/mol. The van der Waals surface area contributed by atoms with Crippen LogP contribution in [0.3, 0.4) is 0 Å². The number of H-pyrrole nitrogens is 1. The van der Waals surface area contributed by atoms with Crippen molar-refractivity contribution in [2.24, 2.45) is 16.2 Å². The number of nitrogens with two attached hydrogens (primary N) is 1. The quantitative estimate of drug-likeness (QED) is 0.0587. The van der Waals surface area contributed by atoms with Crippen molar-refractivity contribution in [2.75, 3.05) is 13.2 Å². The second kappa shape index (κ2) is 12.0. The van der Waals surface area contributed by atoms with Crippen molar-refractivity contribution in [3.8, 4) is 16.2 Å². The molecule has 1 unspecified atom stereocenters. The van der Waals surface area contributed by atoms with E-state index >= 15 is 0 Å². The van der Waals surface area contributed by atoms with Crippen LogP contribution < -0.4 is 15.9 Å². The van der Waals surface area contributed by atoms with E-state index in [0.29, 0.717) is 6.54 Å². The smallest absolute Gasteiger partial charge is 0.168 e. The summed E-state index contributed by atoms with van der Waals surface area (Å²) in [6.07, 6.45) is 5.48. The number of rotatable bonds is 11. The highest BCUT2D eigenvalue weighted by atomic mass is 32.1. The SMILES string of the molecule is CC(C)(Cc1c[nH]c2c(/C=C/C(=N)N=NN)cccc12)NCC(O)COc1ccccc1-c1cccs1. The minimum absolute atomic E-state index is 0.0193. The number of nitrogens with one attached hydrogen (secondary N) is 3. The van der Waals surface area contributed by atoms with E-state index in [9.17, 15) is 5.11 Å². The summed E-state index contributed by atoms with van der Waals surface area (Å²) in [7, 11) is 0. The Labute approximate surface area is 220 Å². The number of aliphatic hydroxyl groups is 1. The number of hydrogen-bond donors (Lipinski definition) is 5.